The molecule has 2 rings (SSSR count). The number of hydrogen-bond donors (Lipinski definition) is 0. The third kappa shape index (κ3) is 2.59. The number of halogens is 1. The maximum Gasteiger partial charge on any atom is 0.119 e. The Morgan fingerprint density at radius 3 is 2.50 bits per heavy atom. The van der Waals surface area contributed by atoms with Crippen LogP contribution in [0.5, 0.6) is 5.75 Å². The molecule has 0 spiro atoms. The Balaban J connectivity index is 0.000000606. The molecule has 0 saturated carbocycles. The van der Waals surface area contributed by atoms with Gasteiger partial charge in [0.15, 0.2) is 0 Å². The SMILES string of the molecule is CC.COc1ccc2c(c1)CCC(C)=C2Cl. The fraction of sp³-hybridized carbons (Fsp3) is 0.429. The van der Waals surface area contributed by atoms with Crippen molar-refractivity contribution in [2.45, 2.75) is 33.6 Å². The van der Waals surface area contributed by atoms with Gasteiger partial charge in [-0.25, -0.2) is 0 Å². The van der Waals surface area contributed by atoms with Crippen LogP contribution in [0.15, 0.2) is 23.8 Å². The molecule has 1 nitrogen and oxygen atoms in total. The number of fused-ring (bicyclic) bond motifs is 1. The zero-order valence-corrected chi connectivity index (χ0v) is 11.2. The monoisotopic (exact) mass is 238 g/mol. The summed E-state index contributed by atoms with van der Waals surface area (Å²) in [5, 5.41) is 0.911. The molecule has 0 atom stereocenters. The third-order valence-electron chi connectivity index (χ3n) is 2.69. The Hall–Kier alpha value is -0.950. The van der Waals surface area contributed by atoms with E-state index in [2.05, 4.69) is 13.0 Å². The summed E-state index contributed by atoms with van der Waals surface area (Å²) in [6.07, 6.45) is 2.12. The topological polar surface area (TPSA) is 9.23 Å². The molecule has 1 aromatic carbocycles. The van der Waals surface area contributed by atoms with Crippen molar-refractivity contribution in [3.63, 3.8) is 0 Å². The first kappa shape index (κ1) is 13.1. The summed E-state index contributed by atoms with van der Waals surface area (Å²) in [6, 6.07) is 6.07. The van der Waals surface area contributed by atoms with Gasteiger partial charge >= 0.3 is 0 Å². The second kappa shape index (κ2) is 5.95. The molecule has 88 valence electrons. The summed E-state index contributed by atoms with van der Waals surface area (Å²) in [5.74, 6) is 0.910. The van der Waals surface area contributed by atoms with Gasteiger partial charge in [0.1, 0.15) is 5.75 Å². The highest BCUT2D eigenvalue weighted by atomic mass is 35.5. The first-order chi connectivity index (χ1) is 7.72. The first-order valence-electron chi connectivity index (χ1n) is 5.75. The van der Waals surface area contributed by atoms with Gasteiger partial charge in [-0.05, 0) is 49.1 Å². The van der Waals surface area contributed by atoms with Crippen molar-refractivity contribution in [3.8, 4) is 5.75 Å². The Morgan fingerprint density at radius 1 is 1.19 bits per heavy atom. The number of aryl methyl sites for hydroxylation is 1. The van der Waals surface area contributed by atoms with Crippen molar-refractivity contribution >= 4 is 16.6 Å². The quantitative estimate of drug-likeness (QED) is 0.693. The summed E-state index contributed by atoms with van der Waals surface area (Å²) in [5.41, 5.74) is 3.74. The Labute approximate surface area is 103 Å². The van der Waals surface area contributed by atoms with Crippen molar-refractivity contribution in [1.82, 2.24) is 0 Å². The highest BCUT2D eigenvalue weighted by molar-refractivity contribution is 6.49. The van der Waals surface area contributed by atoms with Crippen LogP contribution in [0.2, 0.25) is 0 Å². The predicted octanol–water partition coefficient (Wildman–Crippen LogP) is 4.64. The lowest BCUT2D eigenvalue weighted by Gasteiger charge is -2.18. The molecular formula is C14H19ClO. The molecule has 1 aliphatic rings. The predicted molar refractivity (Wildman–Crippen MR) is 71.1 cm³/mol. The second-order valence-corrected chi connectivity index (χ2v) is 4.00. The number of ether oxygens (including phenoxy) is 1. The van der Waals surface area contributed by atoms with Crippen LogP contribution in [-0.4, -0.2) is 7.11 Å². The van der Waals surface area contributed by atoms with Crippen molar-refractivity contribution in [2.24, 2.45) is 0 Å². The van der Waals surface area contributed by atoms with E-state index < -0.39 is 0 Å². The number of methoxy groups -OCH3 is 1. The molecule has 0 N–H and O–H groups in total. The molecule has 0 aromatic heterocycles. The molecule has 2 heteroatoms. The van der Waals surface area contributed by atoms with Crippen LogP contribution < -0.4 is 4.74 Å². The zero-order chi connectivity index (χ0) is 12.1. The van der Waals surface area contributed by atoms with Crippen LogP contribution >= 0.6 is 11.6 Å². The van der Waals surface area contributed by atoms with Crippen molar-refractivity contribution in [2.75, 3.05) is 7.11 Å². The molecule has 1 aromatic rings. The standard InChI is InChI=1S/C12H13ClO.C2H6/c1-8-3-4-9-7-10(14-2)5-6-11(9)12(8)13;1-2/h5-7H,3-4H2,1-2H3;1-2H3. The molecule has 0 aliphatic heterocycles. The Bertz CT molecular complexity index is 394. The highest BCUT2D eigenvalue weighted by Gasteiger charge is 2.15. The maximum absolute atomic E-state index is 6.23. The van der Waals surface area contributed by atoms with Crippen molar-refractivity contribution in [1.29, 1.82) is 0 Å². The van der Waals surface area contributed by atoms with E-state index in [4.69, 9.17) is 16.3 Å². The minimum absolute atomic E-state index is 0.910. The number of rotatable bonds is 1. The number of allylic oxidation sites excluding steroid dienone is 1. The molecule has 0 unspecified atom stereocenters. The molecule has 0 bridgehead atoms. The van der Waals surface area contributed by atoms with Gasteiger partial charge < -0.3 is 4.74 Å². The lowest BCUT2D eigenvalue weighted by Crippen LogP contribution is -2.01. The van der Waals surface area contributed by atoms with E-state index >= 15 is 0 Å². The fourth-order valence-electron chi connectivity index (χ4n) is 1.78. The highest BCUT2D eigenvalue weighted by Crippen LogP contribution is 2.35. The van der Waals surface area contributed by atoms with Gasteiger partial charge in [-0.15, -0.1) is 0 Å². The molecule has 0 radical (unpaired) electrons. The van der Waals surface area contributed by atoms with Crippen LogP contribution in [-0.2, 0) is 6.42 Å². The largest absolute Gasteiger partial charge is 0.497 e. The van der Waals surface area contributed by atoms with Crippen LogP contribution in [0, 0.1) is 0 Å². The summed E-state index contributed by atoms with van der Waals surface area (Å²) in [4.78, 5) is 0. The van der Waals surface area contributed by atoms with Crippen LogP contribution in [0.25, 0.3) is 5.03 Å². The van der Waals surface area contributed by atoms with E-state index in [1.54, 1.807) is 7.11 Å². The van der Waals surface area contributed by atoms with E-state index in [-0.39, 0.29) is 0 Å². The normalized spacial score (nSPS) is 13.8. The lowest BCUT2D eigenvalue weighted by molar-refractivity contribution is 0.414. The second-order valence-electron chi connectivity index (χ2n) is 3.62. The van der Waals surface area contributed by atoms with Gasteiger partial charge in [0, 0.05) is 5.03 Å². The molecule has 0 amide bonds. The minimum Gasteiger partial charge on any atom is -0.497 e. The third-order valence-corrected chi connectivity index (χ3v) is 3.22. The molecule has 0 fully saturated rings. The molecule has 1 aliphatic carbocycles. The Morgan fingerprint density at radius 2 is 1.88 bits per heavy atom. The molecule has 0 saturated heterocycles. The van der Waals surface area contributed by atoms with Gasteiger partial charge in [0.05, 0.1) is 7.11 Å². The lowest BCUT2D eigenvalue weighted by atomic mass is 9.92. The van der Waals surface area contributed by atoms with Crippen molar-refractivity contribution < 1.29 is 4.74 Å². The van der Waals surface area contributed by atoms with Crippen LogP contribution in [0.3, 0.4) is 0 Å². The molecular weight excluding hydrogens is 220 g/mol. The van der Waals surface area contributed by atoms with Gasteiger partial charge in [0.25, 0.3) is 0 Å². The van der Waals surface area contributed by atoms with E-state index in [9.17, 15) is 0 Å². The van der Waals surface area contributed by atoms with Crippen LogP contribution in [0.4, 0.5) is 0 Å². The smallest absolute Gasteiger partial charge is 0.119 e. The molecule has 0 heterocycles. The summed E-state index contributed by atoms with van der Waals surface area (Å²) in [7, 11) is 1.69. The van der Waals surface area contributed by atoms with E-state index in [1.165, 1.54) is 11.1 Å². The van der Waals surface area contributed by atoms with E-state index in [0.717, 1.165) is 29.2 Å². The van der Waals surface area contributed by atoms with Crippen LogP contribution in [0.1, 0.15) is 38.3 Å². The van der Waals surface area contributed by atoms with Crippen molar-refractivity contribution in [3.05, 3.63) is 34.9 Å². The average molecular weight is 239 g/mol. The van der Waals surface area contributed by atoms with Gasteiger partial charge in [-0.2, -0.15) is 0 Å². The first-order valence-corrected chi connectivity index (χ1v) is 6.12. The van der Waals surface area contributed by atoms with E-state index in [1.807, 2.05) is 26.0 Å². The minimum atomic E-state index is 0.910. The zero-order valence-electron chi connectivity index (χ0n) is 10.4. The number of benzene rings is 1. The average Bonchev–Trinajstić information content (AvgIpc) is 2.36. The van der Waals surface area contributed by atoms with E-state index in [0.29, 0.717) is 0 Å². The fourth-order valence-corrected chi connectivity index (χ4v) is 2.06. The van der Waals surface area contributed by atoms with Gasteiger partial charge in [-0.3, -0.25) is 0 Å². The summed E-state index contributed by atoms with van der Waals surface area (Å²) < 4.78 is 5.18. The molecule has 16 heavy (non-hydrogen) atoms. The maximum atomic E-state index is 6.23. The number of hydrogen-bond acceptors (Lipinski definition) is 1. The van der Waals surface area contributed by atoms with Gasteiger partial charge in [0.2, 0.25) is 0 Å². The summed E-state index contributed by atoms with van der Waals surface area (Å²) in [6.45, 7) is 6.09. The Kier molecular flexibility index (Phi) is 4.88. The van der Waals surface area contributed by atoms with Gasteiger partial charge in [-0.1, -0.05) is 31.0 Å². The summed E-state index contributed by atoms with van der Waals surface area (Å²) >= 11 is 6.23.